The first-order valence-corrected chi connectivity index (χ1v) is 21.9. The van der Waals surface area contributed by atoms with E-state index < -0.39 is 54.8 Å². The van der Waals surface area contributed by atoms with E-state index in [4.69, 9.17) is 0 Å². The van der Waals surface area contributed by atoms with Crippen LogP contribution in [0.25, 0.3) is 0 Å². The number of nitrogens with one attached hydrogen (secondary N) is 1. The number of ketones is 3. The van der Waals surface area contributed by atoms with Gasteiger partial charge in [-0.3, -0.25) is 24.0 Å². The molecule has 0 bridgehead atoms. The third-order valence-corrected chi connectivity index (χ3v) is 17.3. The summed E-state index contributed by atoms with van der Waals surface area (Å²) in [6.45, 7) is 11.8. The van der Waals surface area contributed by atoms with Crippen molar-refractivity contribution in [1.29, 1.82) is 0 Å². The van der Waals surface area contributed by atoms with Crippen LogP contribution >= 0.6 is 0 Å². The topological polar surface area (TPSA) is 135 Å². The number of hydrogen-bond donors (Lipinski definition) is 1. The Morgan fingerprint density at radius 1 is 0.863 bits per heavy atom. The number of carbonyl (C=O) groups excluding carboxylic acids is 5. The number of Topliss-reactive ketones (excluding diaryl/α,β-unsaturated/α-hetero) is 3. The summed E-state index contributed by atoms with van der Waals surface area (Å²) < 4.78 is 26.4. The maximum absolute atomic E-state index is 14.6. The second-order valence-corrected chi connectivity index (χ2v) is 21.5. The molecule has 0 aromatic heterocycles. The average molecular weight is 731 g/mol. The van der Waals surface area contributed by atoms with E-state index in [0.717, 1.165) is 77.0 Å². The molecule has 3 aliphatic carbocycles. The predicted molar refractivity (Wildman–Crippen MR) is 198 cm³/mol. The Morgan fingerprint density at radius 3 is 2.02 bits per heavy atom. The van der Waals surface area contributed by atoms with Gasteiger partial charge in [0.2, 0.25) is 11.7 Å². The Morgan fingerprint density at radius 2 is 1.43 bits per heavy atom. The van der Waals surface area contributed by atoms with E-state index in [2.05, 4.69) is 19.2 Å². The van der Waals surface area contributed by atoms with Gasteiger partial charge in [-0.2, -0.15) is 0 Å². The molecule has 0 radical (unpaired) electrons. The van der Waals surface area contributed by atoms with Crippen LogP contribution in [0.15, 0.2) is 0 Å². The van der Waals surface area contributed by atoms with Crippen molar-refractivity contribution in [2.45, 2.75) is 186 Å². The average Bonchev–Trinajstić information content (AvgIpc) is 3.92. The van der Waals surface area contributed by atoms with Gasteiger partial charge in [0.25, 0.3) is 5.91 Å². The SMILES string of the molecule is CC(C)S(=O)(=O)C(C)(C)C1(CC(=O)C[C@H]2CCCCCCCCC[C@@H](C(=O)C(=O)NC3CC3)CC(=O)[C@@H]3[C@@H]4[C@H](CN3C2=O)C4(C)C)CCCCC1. The Hall–Kier alpha value is -2.10. The van der Waals surface area contributed by atoms with Gasteiger partial charge in [0.05, 0.1) is 16.0 Å². The predicted octanol–water partition coefficient (Wildman–Crippen LogP) is 6.93. The quantitative estimate of drug-likeness (QED) is 0.241. The van der Waals surface area contributed by atoms with E-state index >= 15 is 0 Å². The zero-order valence-corrected chi connectivity index (χ0v) is 33.2. The molecule has 0 aromatic rings. The molecule has 5 rings (SSSR count). The first-order chi connectivity index (χ1) is 23.9. The van der Waals surface area contributed by atoms with Gasteiger partial charge in [-0.05, 0) is 88.9 Å². The molecule has 5 atom stereocenters. The Kier molecular flexibility index (Phi) is 12.3. The van der Waals surface area contributed by atoms with Crippen LogP contribution in [-0.2, 0) is 33.8 Å². The lowest BCUT2D eigenvalue weighted by atomic mass is 9.63. The van der Waals surface area contributed by atoms with Gasteiger partial charge in [0.1, 0.15) is 5.78 Å². The fraction of sp³-hybridized carbons (Fsp3) is 0.878. The van der Waals surface area contributed by atoms with E-state index in [1.165, 1.54) is 0 Å². The van der Waals surface area contributed by atoms with Crippen molar-refractivity contribution in [2.75, 3.05) is 6.54 Å². The minimum atomic E-state index is -3.53. The van der Waals surface area contributed by atoms with Gasteiger partial charge in [0, 0.05) is 43.7 Å². The molecular formula is C41H66N2O7S. The summed E-state index contributed by atoms with van der Waals surface area (Å²) in [5.41, 5.74) is -0.787. The highest BCUT2D eigenvalue weighted by molar-refractivity contribution is 7.93. The molecule has 2 saturated heterocycles. The van der Waals surface area contributed by atoms with Gasteiger partial charge < -0.3 is 10.2 Å². The van der Waals surface area contributed by atoms with Gasteiger partial charge in [-0.1, -0.05) is 78.1 Å². The molecule has 1 N–H and O–H groups in total. The minimum Gasteiger partial charge on any atom is -0.347 e. The van der Waals surface area contributed by atoms with Crippen LogP contribution in [0.1, 0.15) is 164 Å². The number of piperidine rings is 1. The Labute approximate surface area is 307 Å². The van der Waals surface area contributed by atoms with Crippen LogP contribution in [0.3, 0.4) is 0 Å². The van der Waals surface area contributed by atoms with E-state index in [1.54, 1.807) is 32.6 Å². The fourth-order valence-electron chi connectivity index (χ4n) is 10.3. The molecule has 2 amide bonds. The van der Waals surface area contributed by atoms with Crippen molar-refractivity contribution in [3.05, 3.63) is 0 Å². The Balaban J connectivity index is 1.39. The van der Waals surface area contributed by atoms with Crippen LogP contribution in [0.5, 0.6) is 0 Å². The first kappa shape index (κ1) is 40.1. The highest BCUT2D eigenvalue weighted by Crippen LogP contribution is 2.65. The largest absolute Gasteiger partial charge is 0.347 e. The third-order valence-electron chi connectivity index (χ3n) is 14.2. The van der Waals surface area contributed by atoms with Gasteiger partial charge in [-0.15, -0.1) is 0 Å². The second-order valence-electron chi connectivity index (χ2n) is 18.5. The zero-order chi connectivity index (χ0) is 37.4. The smallest absolute Gasteiger partial charge is 0.287 e. The lowest BCUT2D eigenvalue weighted by molar-refractivity contribution is -0.146. The molecule has 2 heterocycles. The molecule has 3 saturated carbocycles. The van der Waals surface area contributed by atoms with Crippen LogP contribution in [0.4, 0.5) is 0 Å². The van der Waals surface area contributed by atoms with Gasteiger partial charge >= 0.3 is 0 Å². The maximum atomic E-state index is 14.6. The number of fused-ring (bicyclic) bond motifs is 3. The summed E-state index contributed by atoms with van der Waals surface area (Å²) >= 11 is 0. The van der Waals surface area contributed by atoms with Crippen molar-refractivity contribution in [2.24, 2.45) is 34.5 Å². The monoisotopic (exact) mass is 730 g/mol. The van der Waals surface area contributed by atoms with E-state index in [0.29, 0.717) is 32.2 Å². The molecule has 9 nitrogen and oxygen atoms in total. The van der Waals surface area contributed by atoms with Crippen molar-refractivity contribution < 1.29 is 32.4 Å². The number of carbonyl (C=O) groups is 5. The number of sulfone groups is 1. The summed E-state index contributed by atoms with van der Waals surface area (Å²) in [6.07, 6.45) is 13.6. The lowest BCUT2D eigenvalue weighted by Crippen LogP contribution is -2.54. The second kappa shape index (κ2) is 15.7. The molecule has 288 valence electrons. The van der Waals surface area contributed by atoms with Gasteiger partial charge in [0.15, 0.2) is 15.6 Å². The summed E-state index contributed by atoms with van der Waals surface area (Å²) in [5, 5.41) is 2.26. The molecule has 51 heavy (non-hydrogen) atoms. The molecule has 5 aliphatic rings. The maximum Gasteiger partial charge on any atom is 0.287 e. The summed E-state index contributed by atoms with van der Waals surface area (Å²) in [5.74, 6) is -2.56. The van der Waals surface area contributed by atoms with Gasteiger partial charge in [-0.25, -0.2) is 8.42 Å². The van der Waals surface area contributed by atoms with Crippen molar-refractivity contribution in [3.8, 4) is 0 Å². The summed E-state index contributed by atoms with van der Waals surface area (Å²) in [7, 11) is -3.53. The highest BCUT2D eigenvalue weighted by Gasteiger charge is 2.69. The third kappa shape index (κ3) is 8.36. The molecular weight excluding hydrogens is 665 g/mol. The highest BCUT2D eigenvalue weighted by atomic mass is 32.2. The van der Waals surface area contributed by atoms with Crippen LogP contribution in [0, 0.1) is 34.5 Å². The molecule has 10 heteroatoms. The zero-order valence-electron chi connectivity index (χ0n) is 32.4. The van der Waals surface area contributed by atoms with Crippen molar-refractivity contribution in [1.82, 2.24) is 10.2 Å². The molecule has 0 spiro atoms. The minimum absolute atomic E-state index is 0.00669. The van der Waals surface area contributed by atoms with Crippen LogP contribution in [-0.4, -0.2) is 71.1 Å². The lowest BCUT2D eigenvalue weighted by Gasteiger charge is -2.49. The molecule has 5 fully saturated rings. The number of rotatable bonds is 10. The number of nitrogens with zero attached hydrogens (tertiary/aromatic N) is 1. The molecule has 2 aliphatic heterocycles. The number of amides is 2. The normalized spacial score (nSPS) is 30.7. The van der Waals surface area contributed by atoms with E-state index in [9.17, 15) is 32.4 Å². The summed E-state index contributed by atoms with van der Waals surface area (Å²) in [6, 6.07) is -0.609. The van der Waals surface area contributed by atoms with E-state index in [-0.39, 0.29) is 60.0 Å². The van der Waals surface area contributed by atoms with Crippen LogP contribution in [0.2, 0.25) is 0 Å². The van der Waals surface area contributed by atoms with Crippen LogP contribution < -0.4 is 5.32 Å². The number of hydrogen-bond acceptors (Lipinski definition) is 7. The standard InChI is InChI=1S/C41H66N2O7S/c1-27(2)51(49,50)40(5,6)41(21-15-12-16-22-41)25-31(44)23-29-18-14-11-9-7-8-10-13-17-28(36(46)37(47)42-30-19-20-30)24-33(45)35-34-32(39(34,3)4)26-43(35)38(29)48/h27-30,32,34-35H,7-26H2,1-6H3,(H,42,47)/t28-,29-,32+,34+,35-/m1/s1. The molecule has 0 unspecified atom stereocenters. The first-order valence-electron chi connectivity index (χ1n) is 20.4. The fourth-order valence-corrected chi connectivity index (χ4v) is 12.3. The van der Waals surface area contributed by atoms with E-state index in [1.807, 2.05) is 0 Å². The van der Waals surface area contributed by atoms with Crippen molar-refractivity contribution >= 4 is 39.0 Å². The molecule has 0 aromatic carbocycles. The Bertz CT molecular complexity index is 1440. The summed E-state index contributed by atoms with van der Waals surface area (Å²) in [4.78, 5) is 71.2. The van der Waals surface area contributed by atoms with Crippen molar-refractivity contribution in [3.63, 3.8) is 0 Å².